The minimum Gasteiger partial charge on any atom is -0.378 e. The molecule has 26 heavy (non-hydrogen) atoms. The van der Waals surface area contributed by atoms with Gasteiger partial charge in [0, 0.05) is 49.8 Å². The van der Waals surface area contributed by atoms with E-state index >= 15 is 0 Å². The van der Waals surface area contributed by atoms with Crippen LogP contribution < -0.4 is 15.5 Å². The molecule has 7 nitrogen and oxygen atoms in total. The summed E-state index contributed by atoms with van der Waals surface area (Å²) in [6.07, 6.45) is 5.55. The maximum Gasteiger partial charge on any atom is 0.319 e. The first-order chi connectivity index (χ1) is 12.6. The van der Waals surface area contributed by atoms with Gasteiger partial charge in [-0.1, -0.05) is 11.6 Å². The van der Waals surface area contributed by atoms with Crippen molar-refractivity contribution in [1.29, 1.82) is 0 Å². The molecule has 2 heterocycles. The van der Waals surface area contributed by atoms with Gasteiger partial charge in [0.25, 0.3) is 0 Å². The van der Waals surface area contributed by atoms with Crippen molar-refractivity contribution in [3.8, 4) is 0 Å². The number of benzene rings is 1. The minimum absolute atomic E-state index is 0.0899. The van der Waals surface area contributed by atoms with Gasteiger partial charge in [-0.15, -0.1) is 0 Å². The molecule has 0 saturated carbocycles. The molecule has 8 heteroatoms. The van der Waals surface area contributed by atoms with Crippen LogP contribution in [-0.2, 0) is 11.2 Å². The van der Waals surface area contributed by atoms with Crippen LogP contribution in [-0.4, -0.2) is 48.3 Å². The molecule has 2 amide bonds. The van der Waals surface area contributed by atoms with Crippen LogP contribution in [0.5, 0.6) is 0 Å². The standard InChI is InChI=1S/C18H22ClN5O2/c1-13(10-14-12-20-4-5-21-14)22-18(25)23-17-11-15(2-3-16(17)19)24-6-8-26-9-7-24/h2-5,11-13H,6-10H2,1H3,(H2,22,23,25)/t13-/m0/s1. The molecule has 2 aromatic rings. The van der Waals surface area contributed by atoms with Gasteiger partial charge in [-0.3, -0.25) is 9.97 Å². The van der Waals surface area contributed by atoms with Crippen molar-refractivity contribution in [2.24, 2.45) is 0 Å². The van der Waals surface area contributed by atoms with E-state index in [2.05, 4.69) is 25.5 Å². The van der Waals surface area contributed by atoms with Crippen LogP contribution >= 0.6 is 11.6 Å². The van der Waals surface area contributed by atoms with Gasteiger partial charge in [-0.25, -0.2) is 4.79 Å². The second-order valence-electron chi connectivity index (χ2n) is 6.16. The number of aromatic nitrogens is 2. The summed E-state index contributed by atoms with van der Waals surface area (Å²) in [5.74, 6) is 0. The number of hydrogen-bond acceptors (Lipinski definition) is 5. The summed E-state index contributed by atoms with van der Waals surface area (Å²) in [5.41, 5.74) is 2.42. The van der Waals surface area contributed by atoms with Crippen molar-refractivity contribution < 1.29 is 9.53 Å². The first kappa shape index (κ1) is 18.4. The third-order valence-corrected chi connectivity index (χ3v) is 4.41. The van der Waals surface area contributed by atoms with Crippen LogP contribution in [0, 0.1) is 0 Å². The van der Waals surface area contributed by atoms with Crippen LogP contribution in [0.3, 0.4) is 0 Å². The quantitative estimate of drug-likeness (QED) is 0.840. The zero-order chi connectivity index (χ0) is 18.4. The van der Waals surface area contributed by atoms with E-state index in [9.17, 15) is 4.79 Å². The van der Waals surface area contributed by atoms with Crippen LogP contribution in [0.4, 0.5) is 16.2 Å². The van der Waals surface area contributed by atoms with E-state index < -0.39 is 0 Å². The molecule has 1 saturated heterocycles. The molecule has 1 aliphatic rings. The van der Waals surface area contributed by atoms with Crippen LogP contribution in [0.15, 0.2) is 36.8 Å². The summed E-state index contributed by atoms with van der Waals surface area (Å²) in [6, 6.07) is 5.24. The van der Waals surface area contributed by atoms with E-state index in [-0.39, 0.29) is 12.1 Å². The van der Waals surface area contributed by atoms with E-state index in [1.54, 1.807) is 24.7 Å². The van der Waals surface area contributed by atoms with Crippen molar-refractivity contribution in [3.63, 3.8) is 0 Å². The van der Waals surface area contributed by atoms with Crippen molar-refractivity contribution in [1.82, 2.24) is 15.3 Å². The molecule has 0 unspecified atom stereocenters. The molecular formula is C18H22ClN5O2. The molecule has 1 aromatic heterocycles. The van der Waals surface area contributed by atoms with E-state index in [1.165, 1.54) is 0 Å². The highest BCUT2D eigenvalue weighted by Gasteiger charge is 2.15. The predicted molar refractivity (Wildman–Crippen MR) is 102 cm³/mol. The van der Waals surface area contributed by atoms with E-state index in [0.717, 1.165) is 24.5 Å². The molecular weight excluding hydrogens is 354 g/mol. The zero-order valence-electron chi connectivity index (χ0n) is 14.6. The molecule has 1 aliphatic heterocycles. The molecule has 1 fully saturated rings. The van der Waals surface area contributed by atoms with Crippen molar-refractivity contribution in [2.75, 3.05) is 36.5 Å². The lowest BCUT2D eigenvalue weighted by Crippen LogP contribution is -2.38. The molecule has 2 N–H and O–H groups in total. The van der Waals surface area contributed by atoms with Crippen LogP contribution in [0.25, 0.3) is 0 Å². The average molecular weight is 376 g/mol. The van der Waals surface area contributed by atoms with E-state index in [1.807, 2.05) is 19.1 Å². The Hall–Kier alpha value is -2.38. The number of anilines is 2. The van der Waals surface area contributed by atoms with Crippen molar-refractivity contribution in [2.45, 2.75) is 19.4 Å². The predicted octanol–water partition coefficient (Wildman–Crippen LogP) is 2.72. The molecule has 1 atom stereocenters. The Morgan fingerprint density at radius 2 is 2.15 bits per heavy atom. The van der Waals surface area contributed by atoms with Crippen LogP contribution in [0.1, 0.15) is 12.6 Å². The largest absolute Gasteiger partial charge is 0.378 e. The highest BCUT2D eigenvalue weighted by molar-refractivity contribution is 6.33. The fraction of sp³-hybridized carbons (Fsp3) is 0.389. The highest BCUT2D eigenvalue weighted by Crippen LogP contribution is 2.28. The van der Waals surface area contributed by atoms with Crippen molar-refractivity contribution >= 4 is 29.0 Å². The number of hydrogen-bond donors (Lipinski definition) is 2. The first-order valence-electron chi connectivity index (χ1n) is 8.56. The monoisotopic (exact) mass is 375 g/mol. The normalized spacial score (nSPS) is 15.4. The summed E-state index contributed by atoms with van der Waals surface area (Å²) >= 11 is 6.24. The SMILES string of the molecule is C[C@@H](Cc1cnccn1)NC(=O)Nc1cc(N2CCOCC2)ccc1Cl. The second kappa shape index (κ2) is 8.82. The topological polar surface area (TPSA) is 79.4 Å². The van der Waals surface area contributed by atoms with Gasteiger partial charge < -0.3 is 20.3 Å². The summed E-state index contributed by atoms with van der Waals surface area (Å²) in [5, 5.41) is 6.22. The lowest BCUT2D eigenvalue weighted by Gasteiger charge is -2.29. The molecule has 3 rings (SSSR count). The number of nitrogens with zero attached hydrogens (tertiary/aromatic N) is 3. The Morgan fingerprint density at radius 3 is 2.88 bits per heavy atom. The Bertz CT molecular complexity index is 738. The number of urea groups is 1. The molecule has 0 spiro atoms. The Labute approximate surface area is 157 Å². The van der Waals surface area contributed by atoms with Crippen molar-refractivity contribution in [3.05, 3.63) is 47.5 Å². The number of amides is 2. The molecule has 0 bridgehead atoms. The van der Waals surface area contributed by atoms with Gasteiger partial charge in [0.1, 0.15) is 0 Å². The summed E-state index contributed by atoms with van der Waals surface area (Å²) in [6.45, 7) is 4.96. The third-order valence-electron chi connectivity index (χ3n) is 4.08. The summed E-state index contributed by atoms with van der Waals surface area (Å²) in [4.78, 5) is 22.8. The first-order valence-corrected chi connectivity index (χ1v) is 8.94. The number of halogens is 1. The minimum atomic E-state index is -0.303. The Balaban J connectivity index is 1.59. The number of carbonyl (C=O) groups is 1. The van der Waals surface area contributed by atoms with Gasteiger partial charge in [0.15, 0.2) is 0 Å². The molecule has 138 valence electrons. The highest BCUT2D eigenvalue weighted by atomic mass is 35.5. The van der Waals surface area contributed by atoms with Gasteiger partial charge in [-0.05, 0) is 25.1 Å². The van der Waals surface area contributed by atoms with Gasteiger partial charge >= 0.3 is 6.03 Å². The number of carbonyl (C=O) groups excluding carboxylic acids is 1. The molecule has 1 aromatic carbocycles. The number of ether oxygens (including phenoxy) is 1. The van der Waals surface area contributed by atoms with Gasteiger partial charge in [-0.2, -0.15) is 0 Å². The van der Waals surface area contributed by atoms with Gasteiger partial charge in [0.2, 0.25) is 0 Å². The van der Waals surface area contributed by atoms with Gasteiger partial charge in [0.05, 0.1) is 29.6 Å². The number of rotatable bonds is 5. The Kier molecular flexibility index (Phi) is 6.25. The average Bonchev–Trinajstić information content (AvgIpc) is 2.65. The fourth-order valence-corrected chi connectivity index (χ4v) is 2.97. The maximum absolute atomic E-state index is 12.3. The van der Waals surface area contributed by atoms with Crippen LogP contribution in [0.2, 0.25) is 5.02 Å². The van der Waals surface area contributed by atoms with E-state index in [4.69, 9.17) is 16.3 Å². The lowest BCUT2D eigenvalue weighted by molar-refractivity contribution is 0.122. The Morgan fingerprint density at radius 1 is 1.35 bits per heavy atom. The maximum atomic E-state index is 12.3. The summed E-state index contributed by atoms with van der Waals surface area (Å²) < 4.78 is 5.38. The second-order valence-corrected chi connectivity index (χ2v) is 6.57. The molecule has 0 radical (unpaired) electrons. The lowest BCUT2D eigenvalue weighted by atomic mass is 10.2. The third kappa shape index (κ3) is 5.06. The molecule has 0 aliphatic carbocycles. The zero-order valence-corrected chi connectivity index (χ0v) is 15.4. The van der Waals surface area contributed by atoms with E-state index in [0.29, 0.717) is 30.3 Å². The fourth-order valence-electron chi connectivity index (χ4n) is 2.81. The smallest absolute Gasteiger partial charge is 0.319 e. The number of nitrogens with one attached hydrogen (secondary N) is 2. The number of morpholine rings is 1. The summed E-state index contributed by atoms with van der Waals surface area (Å²) in [7, 11) is 0.